The Labute approximate surface area is 86.4 Å². The van der Waals surface area contributed by atoms with Crippen molar-refractivity contribution >= 4 is 16.9 Å². The fourth-order valence-electron chi connectivity index (χ4n) is 1.47. The van der Waals surface area contributed by atoms with Gasteiger partial charge >= 0.3 is 5.97 Å². The molecule has 78 valence electrons. The maximum absolute atomic E-state index is 10.3. The highest BCUT2D eigenvalue weighted by molar-refractivity contribution is 5.77. The number of nitrogens with zero attached hydrogens (tertiary/aromatic N) is 3. The lowest BCUT2D eigenvalue weighted by atomic mass is 10.3. The molecule has 0 aliphatic heterocycles. The van der Waals surface area contributed by atoms with Crippen LogP contribution in [0.3, 0.4) is 0 Å². The van der Waals surface area contributed by atoms with E-state index >= 15 is 0 Å². The average Bonchev–Trinajstić information content (AvgIpc) is 2.62. The third kappa shape index (κ3) is 2.12. The van der Waals surface area contributed by atoms with Gasteiger partial charge in [0.1, 0.15) is 0 Å². The van der Waals surface area contributed by atoms with Crippen molar-refractivity contribution in [1.82, 2.24) is 14.8 Å². The van der Waals surface area contributed by atoms with E-state index in [1.807, 2.05) is 6.07 Å². The number of hydrogen-bond donors (Lipinski definition) is 1. The van der Waals surface area contributed by atoms with Gasteiger partial charge in [0.15, 0.2) is 0 Å². The molecule has 0 aliphatic carbocycles. The molecule has 0 unspecified atom stereocenters. The van der Waals surface area contributed by atoms with Crippen molar-refractivity contribution in [3.63, 3.8) is 0 Å². The summed E-state index contributed by atoms with van der Waals surface area (Å²) in [7, 11) is 0. The van der Waals surface area contributed by atoms with Crippen LogP contribution >= 0.6 is 0 Å². The molecule has 0 fully saturated rings. The van der Waals surface area contributed by atoms with E-state index in [4.69, 9.17) is 5.11 Å². The molecule has 5 heteroatoms. The first kappa shape index (κ1) is 9.64. The van der Waals surface area contributed by atoms with E-state index in [0.29, 0.717) is 13.0 Å². The lowest BCUT2D eigenvalue weighted by Gasteiger charge is -2.00. The Morgan fingerprint density at radius 1 is 1.47 bits per heavy atom. The topological polar surface area (TPSA) is 68.0 Å². The summed E-state index contributed by atoms with van der Waals surface area (Å²) in [6, 6.07) is 1.88. The van der Waals surface area contributed by atoms with Gasteiger partial charge in [-0.05, 0) is 12.5 Å². The molecule has 2 aromatic rings. The number of aliphatic carboxylic acids is 1. The van der Waals surface area contributed by atoms with Crippen molar-refractivity contribution < 1.29 is 9.90 Å². The van der Waals surface area contributed by atoms with Crippen molar-refractivity contribution in [3.05, 3.63) is 24.7 Å². The quantitative estimate of drug-likeness (QED) is 0.816. The summed E-state index contributed by atoms with van der Waals surface area (Å²) in [5.41, 5.74) is 0.947. The molecule has 0 amide bonds. The molecule has 15 heavy (non-hydrogen) atoms. The summed E-state index contributed by atoms with van der Waals surface area (Å²) < 4.78 is 1.78. The molecule has 1 N–H and O–H groups in total. The molecule has 0 spiro atoms. The Bertz CT molecular complexity index is 478. The van der Waals surface area contributed by atoms with Gasteiger partial charge in [-0.25, -0.2) is 0 Å². The Morgan fingerprint density at radius 2 is 2.33 bits per heavy atom. The van der Waals surface area contributed by atoms with E-state index in [-0.39, 0.29) is 6.42 Å². The first-order valence-corrected chi connectivity index (χ1v) is 4.75. The minimum absolute atomic E-state index is 0.168. The van der Waals surface area contributed by atoms with Gasteiger partial charge in [0.05, 0.1) is 17.9 Å². The van der Waals surface area contributed by atoms with Crippen molar-refractivity contribution in [3.8, 4) is 0 Å². The third-order valence-corrected chi connectivity index (χ3v) is 2.21. The highest BCUT2D eigenvalue weighted by Crippen LogP contribution is 2.11. The average molecular weight is 205 g/mol. The predicted octanol–water partition coefficient (Wildman–Crippen LogP) is 1.30. The third-order valence-electron chi connectivity index (χ3n) is 2.21. The van der Waals surface area contributed by atoms with E-state index in [2.05, 4.69) is 10.1 Å². The Kier molecular flexibility index (Phi) is 2.62. The lowest BCUT2D eigenvalue weighted by Crippen LogP contribution is -2.03. The van der Waals surface area contributed by atoms with Gasteiger partial charge in [0, 0.05) is 24.5 Å². The molecule has 0 saturated carbocycles. The van der Waals surface area contributed by atoms with Gasteiger partial charge in [-0.15, -0.1) is 0 Å². The van der Waals surface area contributed by atoms with E-state index in [1.54, 1.807) is 23.3 Å². The first-order valence-electron chi connectivity index (χ1n) is 4.75. The Balaban J connectivity index is 2.11. The SMILES string of the molecule is O=C(O)CCCn1ncc2ccncc21. The fraction of sp³-hybridized carbons (Fsp3) is 0.300. The molecule has 0 radical (unpaired) electrons. The number of carboxylic acid groups (broad SMARTS) is 1. The lowest BCUT2D eigenvalue weighted by molar-refractivity contribution is -0.137. The minimum Gasteiger partial charge on any atom is -0.481 e. The molecular weight excluding hydrogens is 194 g/mol. The van der Waals surface area contributed by atoms with Crippen molar-refractivity contribution in [2.75, 3.05) is 0 Å². The molecule has 2 aromatic heterocycles. The van der Waals surface area contributed by atoms with Gasteiger partial charge in [-0.3, -0.25) is 14.5 Å². The summed E-state index contributed by atoms with van der Waals surface area (Å²) in [4.78, 5) is 14.4. The second kappa shape index (κ2) is 4.08. The molecule has 0 atom stereocenters. The molecule has 0 bridgehead atoms. The highest BCUT2D eigenvalue weighted by atomic mass is 16.4. The zero-order chi connectivity index (χ0) is 10.7. The summed E-state index contributed by atoms with van der Waals surface area (Å²) >= 11 is 0. The largest absolute Gasteiger partial charge is 0.481 e. The fourth-order valence-corrected chi connectivity index (χ4v) is 1.47. The van der Waals surface area contributed by atoms with Gasteiger partial charge in [-0.1, -0.05) is 0 Å². The van der Waals surface area contributed by atoms with Crippen molar-refractivity contribution in [2.45, 2.75) is 19.4 Å². The summed E-state index contributed by atoms with van der Waals surface area (Å²) in [5.74, 6) is -0.774. The van der Waals surface area contributed by atoms with Gasteiger partial charge in [0.2, 0.25) is 0 Å². The maximum Gasteiger partial charge on any atom is 0.303 e. The zero-order valence-electron chi connectivity index (χ0n) is 8.13. The molecule has 2 rings (SSSR count). The number of pyridine rings is 1. The van der Waals surface area contributed by atoms with Crippen LogP contribution < -0.4 is 0 Å². The van der Waals surface area contributed by atoms with Crippen LogP contribution in [0, 0.1) is 0 Å². The van der Waals surface area contributed by atoms with Crippen LogP contribution in [-0.2, 0) is 11.3 Å². The molecule has 0 saturated heterocycles. The molecule has 0 aromatic carbocycles. The zero-order valence-corrected chi connectivity index (χ0v) is 8.13. The number of carbonyl (C=O) groups is 1. The molecular formula is C10H11N3O2. The standard InChI is InChI=1S/C10H11N3O2/c14-10(15)2-1-5-13-9-7-11-4-3-8(9)6-12-13/h3-4,6-7H,1-2,5H2,(H,14,15). The number of fused-ring (bicyclic) bond motifs is 1. The summed E-state index contributed by atoms with van der Waals surface area (Å²) in [5, 5.41) is 13.7. The van der Waals surface area contributed by atoms with E-state index in [9.17, 15) is 4.79 Å². The van der Waals surface area contributed by atoms with E-state index < -0.39 is 5.97 Å². The van der Waals surface area contributed by atoms with Gasteiger partial charge < -0.3 is 5.11 Å². The van der Waals surface area contributed by atoms with Crippen LogP contribution in [0.25, 0.3) is 10.9 Å². The Morgan fingerprint density at radius 3 is 3.13 bits per heavy atom. The van der Waals surface area contributed by atoms with E-state index in [0.717, 1.165) is 10.9 Å². The molecule has 0 aliphatic rings. The van der Waals surface area contributed by atoms with Gasteiger partial charge in [0.25, 0.3) is 0 Å². The van der Waals surface area contributed by atoms with Gasteiger partial charge in [-0.2, -0.15) is 5.10 Å². The second-order valence-corrected chi connectivity index (χ2v) is 3.30. The molecule has 5 nitrogen and oxygen atoms in total. The van der Waals surface area contributed by atoms with Crippen molar-refractivity contribution in [2.24, 2.45) is 0 Å². The number of aromatic nitrogens is 3. The number of rotatable bonds is 4. The second-order valence-electron chi connectivity index (χ2n) is 3.30. The minimum atomic E-state index is -0.774. The first-order chi connectivity index (χ1) is 7.27. The number of aryl methyl sites for hydroxylation is 1. The summed E-state index contributed by atoms with van der Waals surface area (Å²) in [6.07, 6.45) is 5.97. The van der Waals surface area contributed by atoms with Crippen LogP contribution in [0.15, 0.2) is 24.7 Å². The van der Waals surface area contributed by atoms with Crippen LogP contribution in [-0.4, -0.2) is 25.8 Å². The Hall–Kier alpha value is -1.91. The number of hydrogen-bond acceptors (Lipinski definition) is 3. The number of carboxylic acids is 1. The van der Waals surface area contributed by atoms with Crippen LogP contribution in [0.2, 0.25) is 0 Å². The predicted molar refractivity (Wildman–Crippen MR) is 54.4 cm³/mol. The monoisotopic (exact) mass is 205 g/mol. The van der Waals surface area contributed by atoms with Crippen LogP contribution in [0.5, 0.6) is 0 Å². The highest BCUT2D eigenvalue weighted by Gasteiger charge is 2.02. The molecule has 2 heterocycles. The smallest absolute Gasteiger partial charge is 0.303 e. The van der Waals surface area contributed by atoms with Crippen LogP contribution in [0.1, 0.15) is 12.8 Å². The normalized spacial score (nSPS) is 10.7. The summed E-state index contributed by atoms with van der Waals surface area (Å²) in [6.45, 7) is 0.613. The van der Waals surface area contributed by atoms with Crippen molar-refractivity contribution in [1.29, 1.82) is 0 Å². The van der Waals surface area contributed by atoms with E-state index in [1.165, 1.54) is 0 Å². The maximum atomic E-state index is 10.3. The van der Waals surface area contributed by atoms with Crippen LogP contribution in [0.4, 0.5) is 0 Å².